The van der Waals surface area contributed by atoms with Crippen LogP contribution in [0.1, 0.15) is 20.8 Å². The van der Waals surface area contributed by atoms with Crippen LogP contribution in [0.4, 0.5) is 0 Å². The minimum absolute atomic E-state index is 0.378. The van der Waals surface area contributed by atoms with Gasteiger partial charge in [0, 0.05) is 0 Å². The van der Waals surface area contributed by atoms with Crippen LogP contribution in [0.3, 0.4) is 0 Å². The molecule has 0 atom stereocenters. The zero-order chi connectivity index (χ0) is 10.2. The molecule has 0 aromatic rings. The molecule has 0 aliphatic heterocycles. The Morgan fingerprint density at radius 1 is 1.08 bits per heavy atom. The van der Waals surface area contributed by atoms with Crippen LogP contribution in [0.2, 0.25) is 0 Å². The molecule has 0 rings (SSSR count). The first-order valence-corrected chi connectivity index (χ1v) is 6.09. The molecular weight excluding hydrogens is 191 g/mol. The zero-order valence-corrected chi connectivity index (χ0v) is 9.29. The van der Waals surface area contributed by atoms with Gasteiger partial charge >= 0.3 is 79.0 Å². The first kappa shape index (κ1) is 12.7. The summed E-state index contributed by atoms with van der Waals surface area (Å²) in [6, 6.07) is 0. The van der Waals surface area contributed by atoms with Crippen molar-refractivity contribution in [2.45, 2.75) is 20.8 Å². The van der Waals surface area contributed by atoms with E-state index in [1.165, 1.54) is 0 Å². The van der Waals surface area contributed by atoms with Gasteiger partial charge in [0.25, 0.3) is 0 Å². The topological polar surface area (TPSA) is 47.9 Å². The van der Waals surface area contributed by atoms with Crippen LogP contribution in [0.15, 0.2) is 0 Å². The first-order chi connectivity index (χ1) is 6.18. The van der Waals surface area contributed by atoms with Crippen LogP contribution >= 0.6 is 7.94 Å². The third-order valence-corrected chi connectivity index (χ3v) is 2.88. The van der Waals surface area contributed by atoms with Crippen molar-refractivity contribution in [1.29, 1.82) is 0 Å². The minimum atomic E-state index is -3.27. The molecule has 0 aliphatic rings. The second-order valence-electron chi connectivity index (χ2n) is 2.11. The van der Waals surface area contributed by atoms with Gasteiger partial charge < -0.3 is 0 Å². The molecule has 5 heteroatoms. The van der Waals surface area contributed by atoms with Crippen LogP contribution in [-0.2, 0) is 13.8 Å². The Kier molecular flexibility index (Phi) is 6.93. The fraction of sp³-hybridized carbons (Fsp3) is 0.750. The first-order valence-electron chi connectivity index (χ1n) is 4.32. The van der Waals surface area contributed by atoms with Crippen molar-refractivity contribution in [2.75, 3.05) is 19.8 Å². The number of ether oxygens (including phenoxy) is 1. The summed E-state index contributed by atoms with van der Waals surface area (Å²) in [4.78, 5) is 9.68. The van der Waals surface area contributed by atoms with Crippen molar-refractivity contribution < 1.29 is 18.7 Å². The van der Waals surface area contributed by atoms with Gasteiger partial charge in [-0.2, -0.15) is 0 Å². The standard InChI is InChI=1S/C8H17O4P/c1-4-10-7-8-13(9,11-5-2)12-6-3/h9,13H,4-6H2,1-3H3. The number of hydrogen-bond donors (Lipinski definition) is 1. The average Bonchev–Trinajstić information content (AvgIpc) is 2.05. The van der Waals surface area contributed by atoms with E-state index in [4.69, 9.17) is 13.8 Å². The summed E-state index contributed by atoms with van der Waals surface area (Å²) in [5, 5.41) is 0. The van der Waals surface area contributed by atoms with Crippen LogP contribution in [0, 0.1) is 11.8 Å². The van der Waals surface area contributed by atoms with Crippen molar-refractivity contribution >= 4 is 7.94 Å². The average molecular weight is 208 g/mol. The maximum atomic E-state index is 9.68. The molecule has 1 N–H and O–H groups in total. The molecule has 0 radical (unpaired) electrons. The normalized spacial score (nSPS) is 11.7. The molecule has 0 unspecified atom stereocenters. The van der Waals surface area contributed by atoms with Crippen LogP contribution in [-0.4, -0.2) is 24.7 Å². The van der Waals surface area contributed by atoms with Gasteiger partial charge in [-0.15, -0.1) is 0 Å². The fourth-order valence-corrected chi connectivity index (χ4v) is 1.89. The van der Waals surface area contributed by atoms with Gasteiger partial charge in [-0.05, 0) is 0 Å². The Morgan fingerprint density at radius 2 is 1.62 bits per heavy atom. The van der Waals surface area contributed by atoms with Gasteiger partial charge in [0.05, 0.1) is 0 Å². The van der Waals surface area contributed by atoms with Gasteiger partial charge in [0.15, 0.2) is 0 Å². The molecule has 78 valence electrons. The Balaban J connectivity index is 4.15. The molecule has 0 saturated carbocycles. The van der Waals surface area contributed by atoms with E-state index in [9.17, 15) is 4.89 Å². The van der Waals surface area contributed by atoms with Crippen LogP contribution < -0.4 is 0 Å². The SMILES string of the molecule is CCOC#C[PH](O)(OCC)OCC. The molecule has 4 nitrogen and oxygen atoms in total. The van der Waals surface area contributed by atoms with E-state index in [1.807, 2.05) is 6.92 Å². The molecule has 0 saturated heterocycles. The van der Waals surface area contributed by atoms with Crippen molar-refractivity contribution in [1.82, 2.24) is 0 Å². The summed E-state index contributed by atoms with van der Waals surface area (Å²) in [6.45, 7) is 6.61. The predicted octanol–water partition coefficient (Wildman–Crippen LogP) is 1.50. The summed E-state index contributed by atoms with van der Waals surface area (Å²) in [6.07, 6.45) is 2.36. The van der Waals surface area contributed by atoms with Crippen molar-refractivity contribution in [3.63, 3.8) is 0 Å². The molecule has 0 heterocycles. The molecule has 0 aromatic heterocycles. The molecule has 0 bridgehead atoms. The molecular formula is C8H17O4P. The molecule has 0 fully saturated rings. The van der Waals surface area contributed by atoms with Gasteiger partial charge in [0.2, 0.25) is 0 Å². The predicted molar refractivity (Wildman–Crippen MR) is 53.2 cm³/mol. The van der Waals surface area contributed by atoms with E-state index in [0.29, 0.717) is 19.8 Å². The summed E-state index contributed by atoms with van der Waals surface area (Å²) in [5.41, 5.74) is 2.48. The Labute approximate surface area is 79.8 Å². The summed E-state index contributed by atoms with van der Waals surface area (Å²) >= 11 is 0. The Morgan fingerprint density at radius 3 is 2.00 bits per heavy atom. The molecule has 0 aliphatic carbocycles. The van der Waals surface area contributed by atoms with E-state index in [2.05, 4.69) is 11.8 Å². The number of rotatable bonds is 5. The summed E-state index contributed by atoms with van der Waals surface area (Å²) in [5.74, 6) is 0. The van der Waals surface area contributed by atoms with Gasteiger partial charge in [0.1, 0.15) is 0 Å². The van der Waals surface area contributed by atoms with Gasteiger partial charge in [-0.1, -0.05) is 0 Å². The van der Waals surface area contributed by atoms with E-state index >= 15 is 0 Å². The summed E-state index contributed by atoms with van der Waals surface area (Å²) < 4.78 is 14.8. The quantitative estimate of drug-likeness (QED) is 0.549. The van der Waals surface area contributed by atoms with Crippen molar-refractivity contribution in [3.05, 3.63) is 0 Å². The molecule has 0 spiro atoms. The second-order valence-corrected chi connectivity index (χ2v) is 4.10. The summed E-state index contributed by atoms with van der Waals surface area (Å²) in [7, 11) is -3.27. The number of hydrogen-bond acceptors (Lipinski definition) is 4. The van der Waals surface area contributed by atoms with Crippen LogP contribution in [0.25, 0.3) is 0 Å². The van der Waals surface area contributed by atoms with Crippen molar-refractivity contribution in [2.24, 2.45) is 0 Å². The Hall–Kier alpha value is -0.330. The van der Waals surface area contributed by atoms with Gasteiger partial charge in [-0.25, -0.2) is 0 Å². The van der Waals surface area contributed by atoms with E-state index in [-0.39, 0.29) is 0 Å². The molecule has 13 heavy (non-hydrogen) atoms. The van der Waals surface area contributed by atoms with E-state index in [1.54, 1.807) is 13.8 Å². The molecule has 0 amide bonds. The van der Waals surface area contributed by atoms with Crippen LogP contribution in [0.5, 0.6) is 0 Å². The Bertz CT molecular complexity index is 178. The van der Waals surface area contributed by atoms with E-state index < -0.39 is 7.94 Å². The third kappa shape index (κ3) is 5.84. The molecule has 0 aromatic carbocycles. The van der Waals surface area contributed by atoms with E-state index in [0.717, 1.165) is 0 Å². The monoisotopic (exact) mass is 208 g/mol. The maximum absolute atomic E-state index is 9.68. The third-order valence-electron chi connectivity index (χ3n) is 1.11. The fourth-order valence-electron chi connectivity index (χ4n) is 0.678. The van der Waals surface area contributed by atoms with Gasteiger partial charge in [-0.3, -0.25) is 0 Å². The zero-order valence-electron chi connectivity index (χ0n) is 8.29. The van der Waals surface area contributed by atoms with Crippen molar-refractivity contribution in [3.8, 4) is 11.8 Å². The second kappa shape index (κ2) is 7.11.